The highest BCUT2D eigenvalue weighted by molar-refractivity contribution is 7.18. The Labute approximate surface area is 120 Å². The maximum Gasteiger partial charge on any atom is 0.326 e. The Bertz CT molecular complexity index is 717. The highest BCUT2D eigenvalue weighted by Crippen LogP contribution is 2.34. The lowest BCUT2D eigenvalue weighted by Gasteiger charge is -2.06. The third-order valence-electron chi connectivity index (χ3n) is 3.46. The van der Waals surface area contributed by atoms with E-state index < -0.39 is 0 Å². The largest absolute Gasteiger partial charge is 0.464 e. The molecule has 0 amide bonds. The van der Waals surface area contributed by atoms with Crippen LogP contribution in [0.5, 0.6) is 0 Å². The molecule has 2 aromatic rings. The van der Waals surface area contributed by atoms with E-state index in [-0.39, 0.29) is 18.1 Å². The number of hydrogen-bond donors (Lipinski definition) is 0. The first-order valence-corrected chi connectivity index (χ1v) is 7.67. The number of ether oxygens (including phenoxy) is 1. The molecule has 1 aliphatic carbocycles. The summed E-state index contributed by atoms with van der Waals surface area (Å²) in [5, 5.41) is 0.702. The Kier molecular flexibility index (Phi) is 3.56. The van der Waals surface area contributed by atoms with Gasteiger partial charge in [0.25, 0.3) is 5.56 Å². The Hall–Kier alpha value is -1.69. The highest BCUT2D eigenvalue weighted by atomic mass is 32.1. The van der Waals surface area contributed by atoms with E-state index in [1.807, 2.05) is 6.92 Å². The minimum absolute atomic E-state index is 0.0631. The lowest BCUT2D eigenvalue weighted by molar-refractivity contribution is -0.144. The van der Waals surface area contributed by atoms with Gasteiger partial charge >= 0.3 is 5.97 Å². The van der Waals surface area contributed by atoms with Crippen molar-refractivity contribution in [2.45, 2.75) is 39.2 Å². The molecule has 0 saturated carbocycles. The molecule has 3 rings (SSSR count). The highest BCUT2D eigenvalue weighted by Gasteiger charge is 2.21. The van der Waals surface area contributed by atoms with Crippen molar-refractivity contribution in [1.82, 2.24) is 9.55 Å². The number of rotatable bonds is 4. The summed E-state index contributed by atoms with van der Waals surface area (Å²) < 4.78 is 6.37. The van der Waals surface area contributed by atoms with E-state index in [2.05, 4.69) is 4.98 Å². The molecule has 0 aliphatic heterocycles. The minimum atomic E-state index is -0.387. The lowest BCUT2D eigenvalue weighted by Crippen LogP contribution is -2.25. The van der Waals surface area contributed by atoms with Crippen LogP contribution in [0.4, 0.5) is 0 Å². The Balaban J connectivity index is 1.95. The third kappa shape index (κ3) is 2.24. The molecule has 0 radical (unpaired) electrons. The number of carbonyl (C=O) groups excluding carboxylic acids is 1. The van der Waals surface area contributed by atoms with E-state index in [4.69, 9.17) is 4.74 Å². The fraction of sp³-hybridized carbons (Fsp3) is 0.500. The van der Waals surface area contributed by atoms with E-state index in [1.165, 1.54) is 15.8 Å². The van der Waals surface area contributed by atoms with Gasteiger partial charge in [-0.2, -0.15) is 0 Å². The zero-order chi connectivity index (χ0) is 14.1. The van der Waals surface area contributed by atoms with Gasteiger partial charge < -0.3 is 4.74 Å². The van der Waals surface area contributed by atoms with Crippen LogP contribution in [0.15, 0.2) is 11.1 Å². The normalized spacial score (nSPS) is 13.7. The van der Waals surface area contributed by atoms with Crippen molar-refractivity contribution in [3.8, 4) is 0 Å². The molecule has 0 spiro atoms. The molecule has 0 atom stereocenters. The molecular formula is C14H16N2O3S. The van der Waals surface area contributed by atoms with E-state index in [0.717, 1.165) is 36.1 Å². The second-order valence-corrected chi connectivity index (χ2v) is 6.02. The molecule has 6 heteroatoms. The van der Waals surface area contributed by atoms with Crippen molar-refractivity contribution < 1.29 is 9.53 Å². The fourth-order valence-corrected chi connectivity index (χ4v) is 3.75. The van der Waals surface area contributed by atoms with Crippen molar-refractivity contribution in [3.63, 3.8) is 0 Å². The van der Waals surface area contributed by atoms with Gasteiger partial charge in [-0.15, -0.1) is 11.3 Å². The summed E-state index contributed by atoms with van der Waals surface area (Å²) in [6.45, 7) is 2.26. The number of carbonyl (C=O) groups is 1. The van der Waals surface area contributed by atoms with Crippen LogP contribution in [0.2, 0.25) is 0 Å². The van der Waals surface area contributed by atoms with Crippen LogP contribution < -0.4 is 5.56 Å². The van der Waals surface area contributed by atoms with Gasteiger partial charge in [0.15, 0.2) is 0 Å². The van der Waals surface area contributed by atoms with Crippen LogP contribution in [-0.2, 0) is 28.9 Å². The van der Waals surface area contributed by atoms with E-state index in [1.54, 1.807) is 11.3 Å². The first-order chi connectivity index (χ1) is 9.70. The minimum Gasteiger partial charge on any atom is -0.464 e. The number of thiophene rings is 1. The van der Waals surface area contributed by atoms with Gasteiger partial charge in [0.2, 0.25) is 0 Å². The Morgan fingerprint density at radius 2 is 2.35 bits per heavy atom. The number of nitrogens with zero attached hydrogens (tertiary/aromatic N) is 2. The van der Waals surface area contributed by atoms with Gasteiger partial charge in [-0.3, -0.25) is 14.2 Å². The van der Waals surface area contributed by atoms with Gasteiger partial charge in [0.05, 0.1) is 18.3 Å². The first-order valence-electron chi connectivity index (χ1n) is 6.86. The summed E-state index contributed by atoms with van der Waals surface area (Å²) in [5.74, 6) is -0.387. The molecule has 20 heavy (non-hydrogen) atoms. The standard InChI is InChI=1S/C14H16N2O3S/c1-2-6-19-11(17)7-16-8-15-13-12(14(16)18)9-4-3-5-10(9)20-13/h8H,2-7H2,1H3. The predicted octanol–water partition coefficient (Wildman–Crippen LogP) is 1.90. The second-order valence-electron chi connectivity index (χ2n) is 4.94. The summed E-state index contributed by atoms with van der Waals surface area (Å²) >= 11 is 1.60. The molecule has 1 aliphatic rings. The molecule has 106 valence electrons. The van der Waals surface area contributed by atoms with Crippen LogP contribution in [0.25, 0.3) is 10.2 Å². The zero-order valence-electron chi connectivity index (χ0n) is 11.3. The maximum absolute atomic E-state index is 12.5. The van der Waals surface area contributed by atoms with Gasteiger partial charge in [0, 0.05) is 4.88 Å². The first kappa shape index (κ1) is 13.3. The molecule has 2 aromatic heterocycles. The maximum atomic E-state index is 12.5. The van der Waals surface area contributed by atoms with Crippen LogP contribution in [-0.4, -0.2) is 22.1 Å². The third-order valence-corrected chi connectivity index (χ3v) is 4.66. The summed E-state index contributed by atoms with van der Waals surface area (Å²) in [4.78, 5) is 30.5. The summed E-state index contributed by atoms with van der Waals surface area (Å²) in [6, 6.07) is 0. The van der Waals surface area contributed by atoms with Crippen molar-refractivity contribution in [2.75, 3.05) is 6.61 Å². The number of aromatic nitrogens is 2. The summed E-state index contributed by atoms with van der Waals surface area (Å²) in [6.07, 6.45) is 5.30. The number of hydrogen-bond acceptors (Lipinski definition) is 5. The lowest BCUT2D eigenvalue weighted by atomic mass is 10.2. The molecule has 0 unspecified atom stereocenters. The van der Waals surface area contributed by atoms with E-state index in [0.29, 0.717) is 12.0 Å². The summed E-state index contributed by atoms with van der Waals surface area (Å²) in [5.41, 5.74) is 1.02. The van der Waals surface area contributed by atoms with Crippen LogP contribution in [0.1, 0.15) is 30.2 Å². The Morgan fingerprint density at radius 3 is 3.15 bits per heavy atom. The molecule has 2 heterocycles. The number of aryl methyl sites for hydroxylation is 2. The van der Waals surface area contributed by atoms with Gasteiger partial charge in [-0.25, -0.2) is 4.98 Å². The fourth-order valence-electron chi connectivity index (χ4n) is 2.53. The predicted molar refractivity (Wildman–Crippen MR) is 77.2 cm³/mol. The Morgan fingerprint density at radius 1 is 1.50 bits per heavy atom. The zero-order valence-corrected chi connectivity index (χ0v) is 12.2. The number of fused-ring (bicyclic) bond motifs is 3. The monoisotopic (exact) mass is 292 g/mol. The molecule has 5 nitrogen and oxygen atoms in total. The smallest absolute Gasteiger partial charge is 0.326 e. The van der Waals surface area contributed by atoms with Crippen LogP contribution in [0, 0.1) is 0 Å². The van der Waals surface area contributed by atoms with Crippen LogP contribution >= 0.6 is 11.3 Å². The summed E-state index contributed by atoms with van der Waals surface area (Å²) in [7, 11) is 0. The van der Waals surface area contributed by atoms with Crippen molar-refractivity contribution in [1.29, 1.82) is 0 Å². The van der Waals surface area contributed by atoms with Crippen molar-refractivity contribution in [3.05, 3.63) is 27.1 Å². The van der Waals surface area contributed by atoms with E-state index in [9.17, 15) is 9.59 Å². The van der Waals surface area contributed by atoms with Crippen molar-refractivity contribution in [2.24, 2.45) is 0 Å². The molecule has 0 bridgehead atoms. The SMILES string of the molecule is CCCOC(=O)Cn1cnc2sc3c(c2c1=O)CCC3. The quantitative estimate of drug-likeness (QED) is 0.808. The van der Waals surface area contributed by atoms with Crippen molar-refractivity contribution >= 4 is 27.5 Å². The molecule has 0 N–H and O–H groups in total. The average Bonchev–Trinajstić information content (AvgIpc) is 2.99. The van der Waals surface area contributed by atoms with Gasteiger partial charge in [-0.1, -0.05) is 6.92 Å². The topological polar surface area (TPSA) is 61.2 Å². The number of esters is 1. The molecule has 0 fully saturated rings. The van der Waals surface area contributed by atoms with E-state index >= 15 is 0 Å². The van der Waals surface area contributed by atoms with Gasteiger partial charge in [0.1, 0.15) is 11.4 Å². The van der Waals surface area contributed by atoms with Gasteiger partial charge in [-0.05, 0) is 31.2 Å². The average molecular weight is 292 g/mol. The van der Waals surface area contributed by atoms with Crippen LogP contribution in [0.3, 0.4) is 0 Å². The molecular weight excluding hydrogens is 276 g/mol. The second kappa shape index (κ2) is 5.36. The molecule has 0 aromatic carbocycles. The molecule has 0 saturated heterocycles.